The fraction of sp³-hybridized carbons (Fsp3) is 0.227. The smallest absolute Gasteiger partial charge is 0.256 e. The van der Waals surface area contributed by atoms with Crippen molar-refractivity contribution in [3.8, 4) is 11.5 Å². The van der Waals surface area contributed by atoms with Gasteiger partial charge in [-0.15, -0.1) is 0 Å². The van der Waals surface area contributed by atoms with Gasteiger partial charge in [0.2, 0.25) is 0 Å². The van der Waals surface area contributed by atoms with Crippen molar-refractivity contribution in [1.82, 2.24) is 14.8 Å². The van der Waals surface area contributed by atoms with Crippen LogP contribution in [0.1, 0.15) is 28.5 Å². The predicted octanol–water partition coefficient (Wildman–Crippen LogP) is 3.75. The number of hydrogen-bond acceptors (Lipinski definition) is 6. The van der Waals surface area contributed by atoms with E-state index in [1.807, 2.05) is 0 Å². The minimum Gasteiger partial charge on any atom is -0.463 e. The molecule has 1 aromatic carbocycles. The van der Waals surface area contributed by atoms with Crippen molar-refractivity contribution in [3.05, 3.63) is 65.8 Å². The van der Waals surface area contributed by atoms with E-state index in [0.717, 1.165) is 0 Å². The van der Waals surface area contributed by atoms with Crippen LogP contribution in [0.5, 0.6) is 0 Å². The molecule has 1 fully saturated rings. The van der Waals surface area contributed by atoms with Crippen molar-refractivity contribution in [2.24, 2.45) is 0 Å². The van der Waals surface area contributed by atoms with Crippen LogP contribution in [-0.2, 0) is 9.84 Å². The Balaban J connectivity index is 1.67. The summed E-state index contributed by atoms with van der Waals surface area (Å²) in [4.78, 5) is 17.9. The van der Waals surface area contributed by atoms with Gasteiger partial charge in [-0.2, -0.15) is 5.10 Å². The lowest BCUT2D eigenvalue weighted by Crippen LogP contribution is -2.15. The van der Waals surface area contributed by atoms with E-state index in [2.05, 4.69) is 15.4 Å². The molecule has 0 saturated carbocycles. The first-order valence-electron chi connectivity index (χ1n) is 10.0. The Morgan fingerprint density at radius 2 is 2.09 bits per heavy atom. The standard InChI is InChI=1S/C22H19FN4O4S/c1-13-20-17(22(28)24-15-5-2-4-14(23)10-15)11-18(19-6-3-8-31-19)25-21(20)27(26-13)16-7-9-32(29,30)12-16/h2-6,8,10-11,16H,7,9,12H2,1H3,(H,24,28)/t16-/m0/s1. The molecule has 1 saturated heterocycles. The van der Waals surface area contributed by atoms with Gasteiger partial charge in [0, 0.05) is 5.69 Å². The molecule has 1 atom stereocenters. The monoisotopic (exact) mass is 454 g/mol. The average molecular weight is 454 g/mol. The minimum absolute atomic E-state index is 0.0271. The van der Waals surface area contributed by atoms with Crippen LogP contribution in [0.4, 0.5) is 10.1 Å². The summed E-state index contributed by atoms with van der Waals surface area (Å²) in [5.74, 6) is -0.414. The summed E-state index contributed by atoms with van der Waals surface area (Å²) in [6.07, 6.45) is 1.93. The summed E-state index contributed by atoms with van der Waals surface area (Å²) in [6, 6.07) is 10.3. The van der Waals surface area contributed by atoms with Gasteiger partial charge >= 0.3 is 0 Å². The number of anilines is 1. The third-order valence-corrected chi connectivity index (χ3v) is 7.24. The van der Waals surface area contributed by atoms with Crippen molar-refractivity contribution < 1.29 is 22.0 Å². The van der Waals surface area contributed by atoms with E-state index in [4.69, 9.17) is 4.42 Å². The normalized spacial score (nSPS) is 17.6. The molecule has 1 aliphatic heterocycles. The number of benzene rings is 1. The van der Waals surface area contributed by atoms with Crippen molar-refractivity contribution in [2.45, 2.75) is 19.4 Å². The first-order valence-corrected chi connectivity index (χ1v) is 11.8. The molecule has 8 nitrogen and oxygen atoms in total. The van der Waals surface area contributed by atoms with Crippen molar-refractivity contribution in [1.29, 1.82) is 0 Å². The molecule has 164 valence electrons. The van der Waals surface area contributed by atoms with Crippen LogP contribution in [0.15, 0.2) is 53.1 Å². The maximum absolute atomic E-state index is 13.6. The average Bonchev–Trinajstić information content (AvgIpc) is 3.47. The second kappa shape index (κ2) is 7.56. The number of sulfone groups is 1. The summed E-state index contributed by atoms with van der Waals surface area (Å²) in [5, 5.41) is 7.77. The summed E-state index contributed by atoms with van der Waals surface area (Å²) in [5.41, 5.74) is 1.96. The first-order chi connectivity index (χ1) is 15.3. The van der Waals surface area contributed by atoms with Crippen LogP contribution >= 0.6 is 0 Å². The molecule has 0 radical (unpaired) electrons. The van der Waals surface area contributed by atoms with Gasteiger partial charge in [-0.05, 0) is 49.7 Å². The molecule has 0 unspecified atom stereocenters. The molecule has 0 spiro atoms. The number of amides is 1. The summed E-state index contributed by atoms with van der Waals surface area (Å²) >= 11 is 0. The van der Waals surface area contributed by atoms with Crippen LogP contribution in [0.3, 0.4) is 0 Å². The van der Waals surface area contributed by atoms with Gasteiger partial charge in [0.05, 0.1) is 40.5 Å². The highest BCUT2D eigenvalue weighted by molar-refractivity contribution is 7.91. The van der Waals surface area contributed by atoms with Gasteiger partial charge in [0.25, 0.3) is 5.91 Å². The Morgan fingerprint density at radius 1 is 1.25 bits per heavy atom. The number of aryl methyl sites for hydroxylation is 1. The third kappa shape index (κ3) is 3.66. The Kier molecular flexibility index (Phi) is 4.81. The lowest BCUT2D eigenvalue weighted by molar-refractivity contribution is 0.102. The van der Waals surface area contributed by atoms with Gasteiger partial charge in [0.15, 0.2) is 21.2 Å². The Hall–Kier alpha value is -3.53. The van der Waals surface area contributed by atoms with E-state index >= 15 is 0 Å². The quantitative estimate of drug-likeness (QED) is 0.503. The second-order valence-corrected chi connectivity index (χ2v) is 10.0. The summed E-state index contributed by atoms with van der Waals surface area (Å²) in [7, 11) is -3.15. The minimum atomic E-state index is -3.15. The molecular weight excluding hydrogens is 435 g/mol. The fourth-order valence-electron chi connectivity index (χ4n) is 4.03. The van der Waals surface area contributed by atoms with E-state index in [1.54, 1.807) is 35.9 Å². The maximum atomic E-state index is 13.6. The Morgan fingerprint density at radius 3 is 2.78 bits per heavy atom. The number of rotatable bonds is 4. The Bertz CT molecular complexity index is 1440. The molecule has 4 heterocycles. The molecular formula is C22H19FN4O4S. The van der Waals surface area contributed by atoms with E-state index < -0.39 is 21.6 Å². The van der Waals surface area contributed by atoms with Crippen LogP contribution in [0, 0.1) is 12.7 Å². The highest BCUT2D eigenvalue weighted by atomic mass is 32.2. The molecule has 10 heteroatoms. The number of hydrogen-bond donors (Lipinski definition) is 1. The third-order valence-electron chi connectivity index (χ3n) is 5.49. The van der Waals surface area contributed by atoms with E-state index in [9.17, 15) is 17.6 Å². The second-order valence-electron chi connectivity index (χ2n) is 7.78. The summed E-state index contributed by atoms with van der Waals surface area (Å²) < 4.78 is 44.8. The van der Waals surface area contributed by atoms with Crippen molar-refractivity contribution >= 4 is 32.5 Å². The van der Waals surface area contributed by atoms with Gasteiger partial charge < -0.3 is 9.73 Å². The van der Waals surface area contributed by atoms with Gasteiger partial charge in [-0.25, -0.2) is 22.5 Å². The number of furan rings is 1. The zero-order valence-electron chi connectivity index (χ0n) is 17.1. The number of carbonyl (C=O) groups excluding carboxylic acids is 1. The van der Waals surface area contributed by atoms with Gasteiger partial charge in [-0.1, -0.05) is 6.07 Å². The lowest BCUT2D eigenvalue weighted by atomic mass is 10.1. The van der Waals surface area contributed by atoms with Crippen molar-refractivity contribution in [3.63, 3.8) is 0 Å². The first kappa shape index (κ1) is 20.4. The largest absolute Gasteiger partial charge is 0.463 e. The highest BCUT2D eigenvalue weighted by Gasteiger charge is 2.32. The maximum Gasteiger partial charge on any atom is 0.256 e. The fourth-order valence-corrected chi connectivity index (χ4v) is 5.72. The lowest BCUT2D eigenvalue weighted by Gasteiger charge is -2.12. The van der Waals surface area contributed by atoms with Crippen LogP contribution in [-0.4, -0.2) is 40.6 Å². The number of fused-ring (bicyclic) bond motifs is 1. The van der Waals surface area contributed by atoms with E-state index in [1.165, 1.54) is 24.5 Å². The van der Waals surface area contributed by atoms with E-state index in [-0.39, 0.29) is 23.1 Å². The van der Waals surface area contributed by atoms with Crippen LogP contribution in [0.2, 0.25) is 0 Å². The number of carbonyl (C=O) groups is 1. The van der Waals surface area contributed by atoms with Gasteiger partial charge in [-0.3, -0.25) is 4.79 Å². The number of aromatic nitrogens is 3. The topological polar surface area (TPSA) is 107 Å². The molecule has 0 aliphatic carbocycles. The molecule has 0 bridgehead atoms. The van der Waals surface area contributed by atoms with Crippen molar-refractivity contribution in [2.75, 3.05) is 16.8 Å². The number of halogens is 1. The number of nitrogens with one attached hydrogen (secondary N) is 1. The molecule has 1 amide bonds. The molecule has 5 rings (SSSR count). The summed E-state index contributed by atoms with van der Waals surface area (Å²) in [6.45, 7) is 1.75. The van der Waals surface area contributed by atoms with E-state index in [0.29, 0.717) is 40.3 Å². The van der Waals surface area contributed by atoms with Crippen LogP contribution in [0.25, 0.3) is 22.5 Å². The zero-order valence-corrected chi connectivity index (χ0v) is 17.9. The molecule has 3 aromatic heterocycles. The molecule has 4 aromatic rings. The van der Waals surface area contributed by atoms with Crippen LogP contribution < -0.4 is 5.32 Å². The highest BCUT2D eigenvalue weighted by Crippen LogP contribution is 2.32. The number of pyridine rings is 1. The number of nitrogens with zero attached hydrogens (tertiary/aromatic N) is 3. The van der Waals surface area contributed by atoms with Gasteiger partial charge in [0.1, 0.15) is 11.5 Å². The molecule has 32 heavy (non-hydrogen) atoms. The Labute approximate surface area is 183 Å². The molecule has 1 N–H and O–H groups in total. The zero-order chi connectivity index (χ0) is 22.5. The SMILES string of the molecule is Cc1nn([C@H]2CCS(=O)(=O)C2)c2nc(-c3ccco3)cc(C(=O)Nc3cccc(F)c3)c12. The molecule has 1 aliphatic rings. The predicted molar refractivity (Wildman–Crippen MR) is 117 cm³/mol.